The van der Waals surface area contributed by atoms with Gasteiger partial charge in [0, 0.05) is 31.4 Å². The van der Waals surface area contributed by atoms with Crippen molar-refractivity contribution in [2.75, 3.05) is 10.6 Å². The molecule has 3 aromatic rings. The molecular weight excluding hydrogens is 392 g/mol. The van der Waals surface area contributed by atoms with Gasteiger partial charge in [0.1, 0.15) is 11.4 Å². The van der Waals surface area contributed by atoms with Crippen molar-refractivity contribution in [3.63, 3.8) is 0 Å². The van der Waals surface area contributed by atoms with Gasteiger partial charge in [-0.3, -0.25) is 18.7 Å². The number of aryl methyl sites for hydroxylation is 1. The molecule has 0 aliphatic rings. The van der Waals surface area contributed by atoms with Gasteiger partial charge in [0.15, 0.2) is 0 Å². The summed E-state index contributed by atoms with van der Waals surface area (Å²) in [5.41, 5.74) is 1.22. The molecule has 150 valence electrons. The van der Waals surface area contributed by atoms with Crippen molar-refractivity contribution in [3.8, 4) is 0 Å². The number of halogens is 1. The predicted octanol–water partition coefficient (Wildman–Crippen LogP) is 2.91. The minimum atomic E-state index is -0.675. The second kappa shape index (κ2) is 8.36. The van der Waals surface area contributed by atoms with Crippen LogP contribution in [0.5, 0.6) is 0 Å². The Balaban J connectivity index is 1.98. The van der Waals surface area contributed by atoms with E-state index in [1.54, 1.807) is 24.3 Å². The van der Waals surface area contributed by atoms with Crippen LogP contribution < -0.4 is 21.9 Å². The van der Waals surface area contributed by atoms with Gasteiger partial charge in [-0.1, -0.05) is 41.4 Å². The number of carbonyl (C=O) groups excluding carboxylic acids is 1. The van der Waals surface area contributed by atoms with E-state index in [-0.39, 0.29) is 11.4 Å². The SMILES string of the molecule is Cc1ccc(CNc2c(C(=O)Nc3ccc(Cl)cc3)c(=O)n(C)c(=O)n2C)cc1. The standard InChI is InChI=1S/C21H21ClN4O3/c1-13-4-6-14(7-5-13)12-23-18-17(20(28)26(3)21(29)25(18)2)19(27)24-16-10-8-15(22)9-11-16/h4-11,23H,12H2,1-3H3,(H,24,27). The first-order chi connectivity index (χ1) is 13.8. The first kappa shape index (κ1) is 20.4. The van der Waals surface area contributed by atoms with E-state index < -0.39 is 17.2 Å². The van der Waals surface area contributed by atoms with Crippen molar-refractivity contribution < 1.29 is 4.79 Å². The Labute approximate surface area is 172 Å². The fraction of sp³-hybridized carbons (Fsp3) is 0.190. The molecule has 0 aliphatic heterocycles. The van der Waals surface area contributed by atoms with E-state index in [4.69, 9.17) is 11.6 Å². The molecule has 8 heteroatoms. The quantitative estimate of drug-likeness (QED) is 0.674. The Morgan fingerprint density at radius 1 is 0.966 bits per heavy atom. The summed E-state index contributed by atoms with van der Waals surface area (Å²) in [6, 6.07) is 14.3. The third-order valence-electron chi connectivity index (χ3n) is 4.57. The molecule has 29 heavy (non-hydrogen) atoms. The highest BCUT2D eigenvalue weighted by Gasteiger charge is 2.22. The minimum absolute atomic E-state index is 0.142. The zero-order chi connectivity index (χ0) is 21.1. The molecule has 3 rings (SSSR count). The van der Waals surface area contributed by atoms with Crippen molar-refractivity contribution in [2.24, 2.45) is 14.1 Å². The summed E-state index contributed by atoms with van der Waals surface area (Å²) in [5.74, 6) is -0.458. The molecule has 1 amide bonds. The normalized spacial score (nSPS) is 10.6. The lowest BCUT2D eigenvalue weighted by atomic mass is 10.1. The Morgan fingerprint density at radius 2 is 1.59 bits per heavy atom. The second-order valence-electron chi connectivity index (χ2n) is 6.73. The van der Waals surface area contributed by atoms with Crippen LogP contribution in [0, 0.1) is 6.92 Å². The first-order valence-electron chi connectivity index (χ1n) is 8.94. The molecule has 0 saturated heterocycles. The fourth-order valence-corrected chi connectivity index (χ4v) is 3.00. The maximum Gasteiger partial charge on any atom is 0.332 e. The van der Waals surface area contributed by atoms with Crippen molar-refractivity contribution >= 4 is 29.0 Å². The molecular formula is C21H21ClN4O3. The number of hydrogen-bond donors (Lipinski definition) is 2. The second-order valence-corrected chi connectivity index (χ2v) is 7.17. The molecule has 1 aromatic heterocycles. The molecule has 0 radical (unpaired) electrons. The highest BCUT2D eigenvalue weighted by Crippen LogP contribution is 2.17. The van der Waals surface area contributed by atoms with Crippen LogP contribution in [0.4, 0.5) is 11.5 Å². The summed E-state index contributed by atoms with van der Waals surface area (Å²) in [7, 11) is 2.85. The summed E-state index contributed by atoms with van der Waals surface area (Å²) in [5, 5.41) is 6.28. The number of anilines is 2. The largest absolute Gasteiger partial charge is 0.366 e. The molecule has 0 bridgehead atoms. The smallest absolute Gasteiger partial charge is 0.332 e. The van der Waals surface area contributed by atoms with E-state index in [1.165, 1.54) is 18.7 Å². The topological polar surface area (TPSA) is 85.1 Å². The van der Waals surface area contributed by atoms with Gasteiger partial charge < -0.3 is 10.6 Å². The molecule has 0 fully saturated rings. The number of rotatable bonds is 5. The molecule has 2 aromatic carbocycles. The summed E-state index contributed by atoms with van der Waals surface area (Å²) in [6.07, 6.45) is 0. The van der Waals surface area contributed by atoms with Gasteiger partial charge in [-0.2, -0.15) is 0 Å². The maximum absolute atomic E-state index is 12.9. The lowest BCUT2D eigenvalue weighted by molar-refractivity contribution is 0.102. The average Bonchev–Trinajstić information content (AvgIpc) is 2.71. The van der Waals surface area contributed by atoms with Gasteiger partial charge in [0.05, 0.1) is 0 Å². The maximum atomic E-state index is 12.9. The monoisotopic (exact) mass is 412 g/mol. The Morgan fingerprint density at radius 3 is 2.21 bits per heavy atom. The first-order valence-corrected chi connectivity index (χ1v) is 9.32. The van der Waals surface area contributed by atoms with Crippen LogP contribution in [0.25, 0.3) is 0 Å². The number of benzene rings is 2. The Kier molecular flexibility index (Phi) is 5.89. The van der Waals surface area contributed by atoms with Crippen LogP contribution in [0.15, 0.2) is 58.1 Å². The lowest BCUT2D eigenvalue weighted by Gasteiger charge is -2.17. The van der Waals surface area contributed by atoms with E-state index in [1.807, 2.05) is 31.2 Å². The summed E-state index contributed by atoms with van der Waals surface area (Å²) in [6.45, 7) is 2.34. The van der Waals surface area contributed by atoms with Gasteiger partial charge in [0.2, 0.25) is 0 Å². The molecule has 0 saturated carbocycles. The minimum Gasteiger partial charge on any atom is -0.366 e. The summed E-state index contributed by atoms with van der Waals surface area (Å²) >= 11 is 5.87. The molecule has 0 aliphatic carbocycles. The van der Waals surface area contributed by atoms with Crippen LogP contribution in [0.1, 0.15) is 21.5 Å². The molecule has 0 spiro atoms. The van der Waals surface area contributed by atoms with Crippen molar-refractivity contribution in [2.45, 2.75) is 13.5 Å². The van der Waals surface area contributed by atoms with Crippen LogP contribution in [0.2, 0.25) is 5.02 Å². The van der Waals surface area contributed by atoms with Crippen molar-refractivity contribution in [3.05, 3.63) is 91.1 Å². The number of aromatic nitrogens is 2. The van der Waals surface area contributed by atoms with Crippen LogP contribution in [-0.4, -0.2) is 15.0 Å². The van der Waals surface area contributed by atoms with Crippen LogP contribution in [-0.2, 0) is 20.6 Å². The molecule has 0 atom stereocenters. The third-order valence-corrected chi connectivity index (χ3v) is 4.83. The number of carbonyl (C=O) groups is 1. The molecule has 7 nitrogen and oxygen atoms in total. The summed E-state index contributed by atoms with van der Waals surface area (Å²) in [4.78, 5) is 38.0. The number of nitrogens with one attached hydrogen (secondary N) is 2. The third kappa shape index (κ3) is 4.41. The Hall–Kier alpha value is -3.32. The predicted molar refractivity (Wildman–Crippen MR) is 115 cm³/mol. The van der Waals surface area contributed by atoms with Gasteiger partial charge >= 0.3 is 5.69 Å². The highest BCUT2D eigenvalue weighted by molar-refractivity contribution is 6.30. The number of nitrogens with zero attached hydrogens (tertiary/aromatic N) is 2. The van der Waals surface area contributed by atoms with Crippen LogP contribution in [0.3, 0.4) is 0 Å². The lowest BCUT2D eigenvalue weighted by Crippen LogP contribution is -2.42. The van der Waals surface area contributed by atoms with Gasteiger partial charge in [-0.15, -0.1) is 0 Å². The average molecular weight is 413 g/mol. The highest BCUT2D eigenvalue weighted by atomic mass is 35.5. The fourth-order valence-electron chi connectivity index (χ4n) is 2.87. The van der Waals surface area contributed by atoms with E-state index in [9.17, 15) is 14.4 Å². The molecule has 0 unspecified atom stereocenters. The van der Waals surface area contributed by atoms with Crippen molar-refractivity contribution in [1.29, 1.82) is 0 Å². The Bertz CT molecular complexity index is 1160. The van der Waals surface area contributed by atoms with Gasteiger partial charge in [0.25, 0.3) is 11.5 Å². The summed E-state index contributed by atoms with van der Waals surface area (Å²) < 4.78 is 2.17. The molecule has 2 N–H and O–H groups in total. The zero-order valence-electron chi connectivity index (χ0n) is 16.3. The number of amides is 1. The van der Waals surface area contributed by atoms with E-state index >= 15 is 0 Å². The van der Waals surface area contributed by atoms with Crippen molar-refractivity contribution in [1.82, 2.24) is 9.13 Å². The zero-order valence-corrected chi connectivity index (χ0v) is 17.1. The van der Waals surface area contributed by atoms with E-state index in [0.29, 0.717) is 17.3 Å². The van der Waals surface area contributed by atoms with E-state index in [2.05, 4.69) is 10.6 Å². The van der Waals surface area contributed by atoms with E-state index in [0.717, 1.165) is 15.7 Å². The number of hydrogen-bond acceptors (Lipinski definition) is 4. The molecule has 1 heterocycles. The van der Waals surface area contributed by atoms with Gasteiger partial charge in [-0.05, 0) is 36.8 Å². The van der Waals surface area contributed by atoms with Gasteiger partial charge in [-0.25, -0.2) is 4.79 Å². The van der Waals surface area contributed by atoms with Crippen LogP contribution >= 0.6 is 11.6 Å².